The van der Waals surface area contributed by atoms with E-state index in [-0.39, 0.29) is 0 Å². The Morgan fingerprint density at radius 2 is 1.78 bits per heavy atom. The van der Waals surface area contributed by atoms with Crippen molar-refractivity contribution in [3.8, 4) is 0 Å². The highest BCUT2D eigenvalue weighted by atomic mass is 15.2. The summed E-state index contributed by atoms with van der Waals surface area (Å²) in [5.41, 5.74) is 0. The lowest BCUT2D eigenvalue weighted by molar-refractivity contribution is 0.0480. The van der Waals surface area contributed by atoms with Gasteiger partial charge in [0.1, 0.15) is 0 Å². The van der Waals surface area contributed by atoms with Gasteiger partial charge in [-0.2, -0.15) is 0 Å². The monoisotopic (exact) mass is 252 g/mol. The molecule has 0 bridgehead atoms. The Kier molecular flexibility index (Phi) is 5.97. The third kappa shape index (κ3) is 3.48. The molecule has 1 aliphatic heterocycles. The summed E-state index contributed by atoms with van der Waals surface area (Å²) in [6.45, 7) is 7.09. The van der Waals surface area contributed by atoms with Crippen LogP contribution in [0.15, 0.2) is 0 Å². The number of hydrogen-bond acceptors (Lipinski definition) is 2. The molecule has 1 saturated heterocycles. The third-order valence-corrected chi connectivity index (χ3v) is 4.92. The van der Waals surface area contributed by atoms with Crippen molar-refractivity contribution < 1.29 is 0 Å². The third-order valence-electron chi connectivity index (χ3n) is 4.92. The topological polar surface area (TPSA) is 15.3 Å². The zero-order chi connectivity index (χ0) is 12.8. The molecule has 1 aliphatic carbocycles. The molecule has 0 aromatic rings. The van der Waals surface area contributed by atoms with Crippen molar-refractivity contribution in [1.82, 2.24) is 10.2 Å². The zero-order valence-corrected chi connectivity index (χ0v) is 12.5. The van der Waals surface area contributed by atoms with E-state index in [9.17, 15) is 0 Å². The normalized spacial score (nSPS) is 34.7. The Bertz CT molecular complexity index is 201. The van der Waals surface area contributed by atoms with Crippen LogP contribution in [0.25, 0.3) is 0 Å². The summed E-state index contributed by atoms with van der Waals surface area (Å²) in [5.74, 6) is 0. The molecule has 2 nitrogen and oxygen atoms in total. The van der Waals surface area contributed by atoms with Crippen LogP contribution in [0.2, 0.25) is 0 Å². The van der Waals surface area contributed by atoms with E-state index >= 15 is 0 Å². The van der Waals surface area contributed by atoms with Crippen LogP contribution in [0.3, 0.4) is 0 Å². The average Bonchev–Trinajstić information content (AvgIpc) is 2.41. The van der Waals surface area contributed by atoms with Crippen molar-refractivity contribution in [1.29, 1.82) is 0 Å². The summed E-state index contributed by atoms with van der Waals surface area (Å²) < 4.78 is 0. The van der Waals surface area contributed by atoms with Crippen LogP contribution in [-0.2, 0) is 0 Å². The summed E-state index contributed by atoms with van der Waals surface area (Å²) >= 11 is 0. The molecule has 1 N–H and O–H groups in total. The van der Waals surface area contributed by atoms with Gasteiger partial charge in [0, 0.05) is 18.1 Å². The quantitative estimate of drug-likeness (QED) is 0.805. The Balaban J connectivity index is 2.00. The first-order chi connectivity index (χ1) is 8.86. The number of rotatable bonds is 5. The molecule has 2 fully saturated rings. The van der Waals surface area contributed by atoms with E-state index in [2.05, 4.69) is 24.1 Å². The predicted molar refractivity (Wildman–Crippen MR) is 79.0 cm³/mol. The van der Waals surface area contributed by atoms with Crippen LogP contribution in [0, 0.1) is 0 Å². The predicted octanol–water partition coefficient (Wildman–Crippen LogP) is 3.56. The average molecular weight is 252 g/mol. The first kappa shape index (κ1) is 14.3. The van der Waals surface area contributed by atoms with E-state index in [1.54, 1.807) is 0 Å². The number of nitrogens with zero attached hydrogens (tertiary/aromatic N) is 1. The van der Waals surface area contributed by atoms with E-state index in [1.165, 1.54) is 64.3 Å². The van der Waals surface area contributed by atoms with Crippen LogP contribution in [-0.4, -0.2) is 36.1 Å². The number of piperidine rings is 1. The Morgan fingerprint density at radius 1 is 1.00 bits per heavy atom. The molecule has 0 spiro atoms. The lowest BCUT2D eigenvalue weighted by atomic mass is 9.85. The second-order valence-electron chi connectivity index (χ2n) is 6.19. The molecule has 0 radical (unpaired) electrons. The van der Waals surface area contributed by atoms with Crippen LogP contribution in [0.1, 0.15) is 71.6 Å². The fourth-order valence-corrected chi connectivity index (χ4v) is 4.11. The summed E-state index contributed by atoms with van der Waals surface area (Å²) in [5, 5.41) is 3.75. The van der Waals surface area contributed by atoms with Crippen LogP contribution >= 0.6 is 0 Å². The first-order valence-electron chi connectivity index (χ1n) is 8.36. The van der Waals surface area contributed by atoms with E-state index in [0.29, 0.717) is 0 Å². The molecule has 2 aliphatic rings. The fraction of sp³-hybridized carbons (Fsp3) is 1.00. The maximum Gasteiger partial charge on any atom is 0.0252 e. The van der Waals surface area contributed by atoms with Gasteiger partial charge in [0.2, 0.25) is 0 Å². The van der Waals surface area contributed by atoms with Gasteiger partial charge in [-0.3, -0.25) is 4.90 Å². The molecule has 0 aromatic carbocycles. The van der Waals surface area contributed by atoms with Crippen molar-refractivity contribution in [2.24, 2.45) is 0 Å². The van der Waals surface area contributed by atoms with Gasteiger partial charge in [-0.05, 0) is 45.2 Å². The van der Waals surface area contributed by atoms with E-state index in [4.69, 9.17) is 0 Å². The van der Waals surface area contributed by atoms with Gasteiger partial charge in [-0.15, -0.1) is 0 Å². The highest BCUT2D eigenvalue weighted by Gasteiger charge is 2.34. The summed E-state index contributed by atoms with van der Waals surface area (Å²) in [6.07, 6.45) is 12.8. The standard InChI is InChI=1S/C16H32N2/c1-3-9-14-10-7-8-13-18(14)16-12-6-5-11-15(16)17-4-2/h14-17H,3-13H2,1-2H3. The molecular weight excluding hydrogens is 220 g/mol. The molecule has 1 heterocycles. The molecule has 2 rings (SSSR count). The lowest BCUT2D eigenvalue weighted by Crippen LogP contribution is -2.56. The van der Waals surface area contributed by atoms with Crippen LogP contribution < -0.4 is 5.32 Å². The Labute approximate surface area is 114 Å². The van der Waals surface area contributed by atoms with Gasteiger partial charge < -0.3 is 5.32 Å². The van der Waals surface area contributed by atoms with Crippen molar-refractivity contribution in [2.75, 3.05) is 13.1 Å². The molecule has 3 unspecified atom stereocenters. The molecule has 18 heavy (non-hydrogen) atoms. The second kappa shape index (κ2) is 7.49. The first-order valence-corrected chi connectivity index (χ1v) is 8.36. The summed E-state index contributed by atoms with van der Waals surface area (Å²) in [4.78, 5) is 2.89. The van der Waals surface area contributed by atoms with Crippen molar-refractivity contribution in [3.63, 3.8) is 0 Å². The van der Waals surface area contributed by atoms with Gasteiger partial charge in [0.05, 0.1) is 0 Å². The number of likely N-dealkylation sites (N-methyl/N-ethyl adjacent to an activating group) is 1. The SMILES string of the molecule is CCCC1CCCCN1C1CCCCC1NCC. The maximum absolute atomic E-state index is 3.75. The molecule has 0 amide bonds. The van der Waals surface area contributed by atoms with E-state index in [0.717, 1.165) is 24.7 Å². The van der Waals surface area contributed by atoms with E-state index in [1.807, 2.05) is 0 Å². The zero-order valence-electron chi connectivity index (χ0n) is 12.5. The largest absolute Gasteiger partial charge is 0.313 e. The molecular formula is C16H32N2. The minimum atomic E-state index is 0.765. The minimum absolute atomic E-state index is 0.765. The molecule has 2 heteroatoms. The Hall–Kier alpha value is -0.0800. The molecule has 3 atom stereocenters. The number of likely N-dealkylation sites (tertiary alicyclic amines) is 1. The number of nitrogens with one attached hydrogen (secondary N) is 1. The van der Waals surface area contributed by atoms with E-state index < -0.39 is 0 Å². The van der Waals surface area contributed by atoms with Crippen LogP contribution in [0.5, 0.6) is 0 Å². The second-order valence-corrected chi connectivity index (χ2v) is 6.19. The highest BCUT2D eigenvalue weighted by molar-refractivity contribution is 4.92. The minimum Gasteiger partial charge on any atom is -0.313 e. The highest BCUT2D eigenvalue weighted by Crippen LogP contribution is 2.30. The van der Waals surface area contributed by atoms with Gasteiger partial charge in [0.15, 0.2) is 0 Å². The molecule has 0 aromatic heterocycles. The summed E-state index contributed by atoms with van der Waals surface area (Å²) in [7, 11) is 0. The molecule has 1 saturated carbocycles. The van der Waals surface area contributed by atoms with Crippen molar-refractivity contribution in [2.45, 2.75) is 89.8 Å². The van der Waals surface area contributed by atoms with Crippen LogP contribution in [0.4, 0.5) is 0 Å². The van der Waals surface area contributed by atoms with Gasteiger partial charge in [-0.1, -0.05) is 39.5 Å². The number of hydrogen-bond donors (Lipinski definition) is 1. The van der Waals surface area contributed by atoms with Crippen molar-refractivity contribution in [3.05, 3.63) is 0 Å². The maximum atomic E-state index is 3.75. The Morgan fingerprint density at radius 3 is 2.56 bits per heavy atom. The lowest BCUT2D eigenvalue weighted by Gasteiger charge is -2.46. The van der Waals surface area contributed by atoms with Gasteiger partial charge in [0.25, 0.3) is 0 Å². The molecule has 106 valence electrons. The fourth-order valence-electron chi connectivity index (χ4n) is 4.11. The van der Waals surface area contributed by atoms with Gasteiger partial charge >= 0.3 is 0 Å². The smallest absolute Gasteiger partial charge is 0.0252 e. The van der Waals surface area contributed by atoms with Gasteiger partial charge in [-0.25, -0.2) is 0 Å². The summed E-state index contributed by atoms with van der Waals surface area (Å²) in [6, 6.07) is 2.48. The van der Waals surface area contributed by atoms with Crippen molar-refractivity contribution >= 4 is 0 Å².